The van der Waals surface area contributed by atoms with E-state index in [2.05, 4.69) is 15.9 Å². The van der Waals surface area contributed by atoms with E-state index in [1.165, 1.54) is 0 Å². The highest BCUT2D eigenvalue weighted by Crippen LogP contribution is 2.45. The van der Waals surface area contributed by atoms with Crippen LogP contribution in [-0.2, 0) is 10.1 Å². The van der Waals surface area contributed by atoms with E-state index in [0.717, 1.165) is 5.56 Å². The maximum atomic E-state index is 12.3. The Labute approximate surface area is 127 Å². The Kier molecular flexibility index (Phi) is 3.75. The van der Waals surface area contributed by atoms with Crippen molar-refractivity contribution in [2.45, 2.75) is 51.3 Å². The summed E-state index contributed by atoms with van der Waals surface area (Å²) in [6.07, 6.45) is 0. The molecule has 1 aliphatic heterocycles. The minimum Gasteiger partial charge on any atom is -0.456 e. The van der Waals surface area contributed by atoms with Crippen molar-refractivity contribution in [3.8, 4) is 11.5 Å². The molecule has 0 bridgehead atoms. The van der Waals surface area contributed by atoms with Crippen LogP contribution in [0.2, 0.25) is 0 Å². The summed E-state index contributed by atoms with van der Waals surface area (Å²) in [4.78, 5) is 12.3. The number of hydrogen-bond acceptors (Lipinski definition) is 4. The Bertz CT molecular complexity index is 544. The van der Waals surface area contributed by atoms with Crippen molar-refractivity contribution in [3.63, 3.8) is 0 Å². The summed E-state index contributed by atoms with van der Waals surface area (Å²) in [5.74, 6) is -0.121. The summed E-state index contributed by atoms with van der Waals surface area (Å²) in [5.41, 5.74) is 0.788. The number of alkyl halides is 1. The zero-order chi connectivity index (χ0) is 15.1. The third-order valence-electron chi connectivity index (χ3n) is 2.65. The lowest BCUT2D eigenvalue weighted by Crippen LogP contribution is -2.30. The molecule has 1 heterocycles. The number of fused-ring (bicyclic) bond motifs is 1. The van der Waals surface area contributed by atoms with E-state index in [-0.39, 0.29) is 0 Å². The van der Waals surface area contributed by atoms with Gasteiger partial charge in [-0.3, -0.25) is 0 Å². The first kappa shape index (κ1) is 15.2. The fraction of sp³-hybridized carbons (Fsp3) is 0.533. The van der Waals surface area contributed by atoms with Gasteiger partial charge < -0.3 is 14.2 Å². The summed E-state index contributed by atoms with van der Waals surface area (Å²) >= 11 is 3.41. The standard InChI is InChI=1S/C15H19BrO4/c1-14(2,3)20-13(17)10-7-6-9(8-16)11-12(10)19-15(4,5)18-11/h6-7H,8H2,1-5H3. The molecule has 0 atom stereocenters. The second-order valence-corrected chi connectivity index (χ2v) is 6.73. The quantitative estimate of drug-likeness (QED) is 0.600. The maximum Gasteiger partial charge on any atom is 0.342 e. The van der Waals surface area contributed by atoms with Gasteiger partial charge in [0.1, 0.15) is 11.2 Å². The van der Waals surface area contributed by atoms with Crippen LogP contribution < -0.4 is 9.47 Å². The van der Waals surface area contributed by atoms with Crippen molar-refractivity contribution >= 4 is 21.9 Å². The fourth-order valence-electron chi connectivity index (χ4n) is 1.93. The molecule has 1 aliphatic rings. The summed E-state index contributed by atoms with van der Waals surface area (Å²) < 4.78 is 16.9. The third-order valence-corrected chi connectivity index (χ3v) is 3.26. The van der Waals surface area contributed by atoms with E-state index < -0.39 is 17.4 Å². The monoisotopic (exact) mass is 342 g/mol. The van der Waals surface area contributed by atoms with E-state index in [4.69, 9.17) is 14.2 Å². The number of esters is 1. The highest BCUT2D eigenvalue weighted by Gasteiger charge is 2.37. The molecule has 20 heavy (non-hydrogen) atoms. The minimum atomic E-state index is -0.780. The number of halogens is 1. The molecule has 110 valence electrons. The number of carbonyl (C=O) groups excluding carboxylic acids is 1. The van der Waals surface area contributed by atoms with Crippen molar-refractivity contribution in [2.75, 3.05) is 0 Å². The lowest BCUT2D eigenvalue weighted by atomic mass is 10.1. The second kappa shape index (κ2) is 4.95. The van der Waals surface area contributed by atoms with E-state index >= 15 is 0 Å². The number of carbonyl (C=O) groups is 1. The van der Waals surface area contributed by atoms with E-state index in [0.29, 0.717) is 22.4 Å². The average Bonchev–Trinajstić information content (AvgIpc) is 2.59. The minimum absolute atomic E-state index is 0.394. The number of ether oxygens (including phenoxy) is 3. The number of hydrogen-bond donors (Lipinski definition) is 0. The smallest absolute Gasteiger partial charge is 0.342 e. The Morgan fingerprint density at radius 3 is 2.40 bits per heavy atom. The molecule has 0 saturated heterocycles. The number of rotatable bonds is 2. The topological polar surface area (TPSA) is 44.8 Å². The molecule has 0 aliphatic carbocycles. The normalized spacial score (nSPS) is 16.1. The molecule has 4 nitrogen and oxygen atoms in total. The molecule has 1 aromatic rings. The molecule has 5 heteroatoms. The van der Waals surface area contributed by atoms with E-state index in [1.807, 2.05) is 40.7 Å². The molecule has 0 saturated carbocycles. The Morgan fingerprint density at radius 1 is 1.25 bits per heavy atom. The van der Waals surface area contributed by atoms with Crippen molar-refractivity contribution < 1.29 is 19.0 Å². The summed E-state index contributed by atoms with van der Waals surface area (Å²) in [7, 11) is 0. The molecule has 1 aromatic carbocycles. The first-order chi connectivity index (χ1) is 9.13. The van der Waals surface area contributed by atoms with Gasteiger partial charge in [0, 0.05) is 24.7 Å². The van der Waals surface area contributed by atoms with Gasteiger partial charge in [-0.25, -0.2) is 4.79 Å². The van der Waals surface area contributed by atoms with Crippen molar-refractivity contribution in [1.29, 1.82) is 0 Å². The average molecular weight is 343 g/mol. The molecule has 0 amide bonds. The Balaban J connectivity index is 2.43. The van der Waals surface area contributed by atoms with Gasteiger partial charge in [0.15, 0.2) is 11.5 Å². The van der Waals surface area contributed by atoms with Crippen LogP contribution in [0.5, 0.6) is 11.5 Å². The molecule has 0 spiro atoms. The third kappa shape index (κ3) is 3.08. The van der Waals surface area contributed by atoms with Crippen LogP contribution in [0.3, 0.4) is 0 Å². The van der Waals surface area contributed by atoms with Gasteiger partial charge in [-0.2, -0.15) is 0 Å². The van der Waals surface area contributed by atoms with Gasteiger partial charge in [-0.15, -0.1) is 0 Å². The largest absolute Gasteiger partial charge is 0.456 e. The Hall–Kier alpha value is -1.23. The second-order valence-electron chi connectivity index (χ2n) is 6.17. The molecule has 2 rings (SSSR count). The summed E-state index contributed by atoms with van der Waals surface area (Å²) in [5, 5.41) is 0.628. The predicted octanol–water partition coefficient (Wildman–Crippen LogP) is 4.04. The van der Waals surface area contributed by atoms with Crippen LogP contribution in [0.25, 0.3) is 0 Å². The Morgan fingerprint density at radius 2 is 1.85 bits per heavy atom. The molecule has 0 N–H and O–H groups in total. The zero-order valence-corrected chi connectivity index (χ0v) is 14.0. The van der Waals surface area contributed by atoms with Crippen molar-refractivity contribution in [3.05, 3.63) is 23.3 Å². The van der Waals surface area contributed by atoms with Gasteiger partial charge in [0.05, 0.1) is 0 Å². The SMILES string of the molecule is CC(C)(C)OC(=O)c1ccc(CBr)c2c1OC(C)(C)O2. The van der Waals surface area contributed by atoms with Crippen LogP contribution in [-0.4, -0.2) is 17.4 Å². The van der Waals surface area contributed by atoms with Crippen LogP contribution >= 0.6 is 15.9 Å². The van der Waals surface area contributed by atoms with Crippen LogP contribution in [0.1, 0.15) is 50.5 Å². The van der Waals surface area contributed by atoms with Gasteiger partial charge in [0.2, 0.25) is 5.79 Å². The lowest BCUT2D eigenvalue weighted by molar-refractivity contribution is -0.0440. The van der Waals surface area contributed by atoms with Gasteiger partial charge in [-0.05, 0) is 26.8 Å². The number of benzene rings is 1. The maximum absolute atomic E-state index is 12.3. The zero-order valence-electron chi connectivity index (χ0n) is 12.4. The van der Waals surface area contributed by atoms with Crippen molar-refractivity contribution in [1.82, 2.24) is 0 Å². The molecule has 0 unspecified atom stereocenters. The first-order valence-corrected chi connectivity index (χ1v) is 7.58. The van der Waals surface area contributed by atoms with Gasteiger partial charge in [0.25, 0.3) is 0 Å². The van der Waals surface area contributed by atoms with Gasteiger partial charge >= 0.3 is 5.97 Å². The van der Waals surface area contributed by atoms with Crippen LogP contribution in [0.15, 0.2) is 12.1 Å². The van der Waals surface area contributed by atoms with Crippen LogP contribution in [0, 0.1) is 0 Å². The molecular formula is C15H19BrO4. The van der Waals surface area contributed by atoms with Crippen LogP contribution in [0.4, 0.5) is 0 Å². The highest BCUT2D eigenvalue weighted by molar-refractivity contribution is 9.08. The lowest BCUT2D eigenvalue weighted by Gasteiger charge is -2.20. The predicted molar refractivity (Wildman–Crippen MR) is 79.6 cm³/mol. The molecular weight excluding hydrogens is 324 g/mol. The molecule has 0 radical (unpaired) electrons. The summed E-state index contributed by atoms with van der Waals surface area (Å²) in [6.45, 7) is 9.12. The fourth-order valence-corrected chi connectivity index (χ4v) is 2.37. The highest BCUT2D eigenvalue weighted by atomic mass is 79.9. The van der Waals surface area contributed by atoms with Gasteiger partial charge in [-0.1, -0.05) is 22.0 Å². The molecule has 0 fully saturated rings. The summed E-state index contributed by atoms with van der Waals surface area (Å²) in [6, 6.07) is 3.56. The molecule has 0 aromatic heterocycles. The van der Waals surface area contributed by atoms with Crippen molar-refractivity contribution in [2.24, 2.45) is 0 Å². The first-order valence-electron chi connectivity index (χ1n) is 6.46. The van der Waals surface area contributed by atoms with E-state index in [9.17, 15) is 4.79 Å². The van der Waals surface area contributed by atoms with E-state index in [1.54, 1.807) is 6.07 Å².